The minimum atomic E-state index is -0.0559. The van der Waals surface area contributed by atoms with E-state index in [1.54, 1.807) is 30.3 Å². The van der Waals surface area contributed by atoms with Crippen molar-refractivity contribution < 1.29 is 4.74 Å². The lowest BCUT2D eigenvalue weighted by atomic mass is 10.1. The van der Waals surface area contributed by atoms with Crippen molar-refractivity contribution in [3.63, 3.8) is 0 Å². The lowest BCUT2D eigenvalue weighted by Crippen LogP contribution is -2.19. The molecular formula is C20H18N6O2. The topological polar surface area (TPSA) is 89.8 Å². The Balaban J connectivity index is 1.67. The van der Waals surface area contributed by atoms with Crippen molar-refractivity contribution in [2.75, 3.05) is 12.4 Å². The number of anilines is 2. The fraction of sp³-hybridized carbons (Fsp3) is 0.150. The zero-order chi connectivity index (χ0) is 19.4. The third-order valence-corrected chi connectivity index (χ3v) is 5.13. The summed E-state index contributed by atoms with van der Waals surface area (Å²) in [6.45, 7) is 0. The first-order valence-electron chi connectivity index (χ1n) is 8.80. The zero-order valence-electron chi connectivity index (χ0n) is 15.6. The van der Waals surface area contributed by atoms with Gasteiger partial charge in [0.2, 0.25) is 0 Å². The summed E-state index contributed by atoms with van der Waals surface area (Å²) in [4.78, 5) is 16.9. The first-order valence-corrected chi connectivity index (χ1v) is 8.80. The number of rotatable bonds is 3. The summed E-state index contributed by atoms with van der Waals surface area (Å²) < 4.78 is 8.59. The predicted molar refractivity (Wildman–Crippen MR) is 109 cm³/mol. The molecular weight excluding hydrogens is 356 g/mol. The maximum absolute atomic E-state index is 12.2. The molecule has 8 heteroatoms. The molecule has 140 valence electrons. The fourth-order valence-corrected chi connectivity index (χ4v) is 3.61. The van der Waals surface area contributed by atoms with Crippen LogP contribution in [0.4, 0.5) is 11.5 Å². The molecule has 0 fully saturated rings. The molecule has 2 N–H and O–H groups in total. The van der Waals surface area contributed by atoms with Crippen molar-refractivity contribution in [2.45, 2.75) is 0 Å². The van der Waals surface area contributed by atoms with E-state index in [2.05, 4.69) is 15.5 Å². The highest BCUT2D eigenvalue weighted by atomic mass is 16.5. The average Bonchev–Trinajstić information content (AvgIpc) is 3.29. The number of fused-ring (bicyclic) bond motifs is 4. The van der Waals surface area contributed by atoms with E-state index in [4.69, 9.17) is 9.72 Å². The number of nitrogens with zero attached hydrogens (tertiary/aromatic N) is 4. The third kappa shape index (κ3) is 2.27. The lowest BCUT2D eigenvalue weighted by Gasteiger charge is -2.10. The van der Waals surface area contributed by atoms with Gasteiger partial charge in [0.05, 0.1) is 23.7 Å². The van der Waals surface area contributed by atoms with Gasteiger partial charge in [-0.25, -0.2) is 9.78 Å². The standard InChI is InChI=1S/C20H18N6O2/c1-25-16-7-4-11(8-17(16)26(2)20(25)27)22-19-18-14(10-21-24-18)13-9-12(28-3)5-6-15(13)23-19/h4-10H,1-3H3,(H,21,24)(H,22,23). The maximum atomic E-state index is 12.2. The highest BCUT2D eigenvalue weighted by Crippen LogP contribution is 2.32. The summed E-state index contributed by atoms with van der Waals surface area (Å²) >= 11 is 0. The Labute approximate surface area is 159 Å². The van der Waals surface area contributed by atoms with Crippen LogP contribution in [-0.4, -0.2) is 31.4 Å². The average molecular weight is 374 g/mol. The predicted octanol–water partition coefficient (Wildman–Crippen LogP) is 3.05. The maximum Gasteiger partial charge on any atom is 0.328 e. The van der Waals surface area contributed by atoms with Crippen molar-refractivity contribution in [3.8, 4) is 5.75 Å². The Morgan fingerprint density at radius 1 is 1.04 bits per heavy atom. The van der Waals surface area contributed by atoms with Crippen LogP contribution in [0.25, 0.3) is 32.8 Å². The van der Waals surface area contributed by atoms with E-state index in [0.717, 1.165) is 44.3 Å². The van der Waals surface area contributed by atoms with E-state index in [1.165, 1.54) is 0 Å². The van der Waals surface area contributed by atoms with Gasteiger partial charge in [0.1, 0.15) is 11.3 Å². The second-order valence-corrected chi connectivity index (χ2v) is 6.72. The van der Waals surface area contributed by atoms with E-state index in [-0.39, 0.29) is 5.69 Å². The normalized spacial score (nSPS) is 11.5. The molecule has 3 aromatic heterocycles. The highest BCUT2D eigenvalue weighted by Gasteiger charge is 2.13. The molecule has 0 unspecified atom stereocenters. The number of ether oxygens (including phenoxy) is 1. The van der Waals surface area contributed by atoms with Gasteiger partial charge >= 0.3 is 5.69 Å². The molecule has 5 aromatic rings. The van der Waals surface area contributed by atoms with E-state index >= 15 is 0 Å². The number of aromatic nitrogens is 5. The minimum absolute atomic E-state index is 0.0559. The monoisotopic (exact) mass is 374 g/mol. The zero-order valence-corrected chi connectivity index (χ0v) is 15.6. The molecule has 28 heavy (non-hydrogen) atoms. The lowest BCUT2D eigenvalue weighted by molar-refractivity contribution is 0.415. The van der Waals surface area contributed by atoms with Gasteiger partial charge in [-0.1, -0.05) is 0 Å². The third-order valence-electron chi connectivity index (χ3n) is 5.13. The summed E-state index contributed by atoms with van der Waals surface area (Å²) in [6.07, 6.45) is 1.86. The number of aromatic amines is 1. The quantitative estimate of drug-likeness (QED) is 0.507. The molecule has 0 spiro atoms. The molecule has 0 radical (unpaired) electrons. The largest absolute Gasteiger partial charge is 0.497 e. The summed E-state index contributed by atoms with van der Waals surface area (Å²) in [5.74, 6) is 1.42. The smallest absolute Gasteiger partial charge is 0.328 e. The molecule has 0 saturated heterocycles. The Hall–Kier alpha value is -3.81. The summed E-state index contributed by atoms with van der Waals surface area (Å²) in [7, 11) is 5.18. The second kappa shape index (κ2) is 5.85. The molecule has 0 bridgehead atoms. The van der Waals surface area contributed by atoms with Gasteiger partial charge in [-0.2, -0.15) is 5.10 Å². The minimum Gasteiger partial charge on any atom is -0.497 e. The highest BCUT2D eigenvalue weighted by molar-refractivity contribution is 6.09. The second-order valence-electron chi connectivity index (χ2n) is 6.72. The first-order chi connectivity index (χ1) is 13.6. The molecule has 0 aliphatic carbocycles. The van der Waals surface area contributed by atoms with Gasteiger partial charge in [-0.15, -0.1) is 0 Å². The van der Waals surface area contributed by atoms with E-state index in [1.807, 2.05) is 42.6 Å². The molecule has 0 atom stereocenters. The molecule has 0 amide bonds. The van der Waals surface area contributed by atoms with E-state index < -0.39 is 0 Å². The molecule has 3 heterocycles. The molecule has 0 aliphatic rings. The number of nitrogens with one attached hydrogen (secondary N) is 2. The fourth-order valence-electron chi connectivity index (χ4n) is 3.61. The first kappa shape index (κ1) is 16.4. The van der Waals surface area contributed by atoms with Gasteiger partial charge in [0.15, 0.2) is 5.82 Å². The van der Waals surface area contributed by atoms with Crippen molar-refractivity contribution in [3.05, 3.63) is 53.1 Å². The van der Waals surface area contributed by atoms with Crippen molar-refractivity contribution in [1.29, 1.82) is 0 Å². The Morgan fingerprint density at radius 2 is 1.86 bits per heavy atom. The van der Waals surface area contributed by atoms with E-state index in [0.29, 0.717) is 5.82 Å². The van der Waals surface area contributed by atoms with Crippen LogP contribution in [0.15, 0.2) is 47.4 Å². The van der Waals surface area contributed by atoms with Crippen LogP contribution >= 0.6 is 0 Å². The molecule has 5 rings (SSSR count). The number of pyridine rings is 1. The number of hydrogen-bond acceptors (Lipinski definition) is 5. The summed E-state index contributed by atoms with van der Waals surface area (Å²) in [5.41, 5.74) is 4.08. The van der Waals surface area contributed by atoms with E-state index in [9.17, 15) is 4.79 Å². The van der Waals surface area contributed by atoms with Gasteiger partial charge in [0, 0.05) is 36.8 Å². The van der Waals surface area contributed by atoms with Crippen LogP contribution < -0.4 is 15.7 Å². The Morgan fingerprint density at radius 3 is 2.68 bits per heavy atom. The van der Waals surface area contributed by atoms with Crippen LogP contribution in [-0.2, 0) is 14.1 Å². The molecule has 8 nitrogen and oxygen atoms in total. The number of methoxy groups -OCH3 is 1. The van der Waals surface area contributed by atoms with Crippen LogP contribution in [0.3, 0.4) is 0 Å². The molecule has 0 aliphatic heterocycles. The Bertz CT molecular complexity index is 1430. The van der Waals surface area contributed by atoms with Crippen LogP contribution in [0, 0.1) is 0 Å². The van der Waals surface area contributed by atoms with Crippen LogP contribution in [0.5, 0.6) is 5.75 Å². The SMILES string of the molecule is COc1ccc2nc(Nc3ccc4c(c3)n(C)c(=O)n4C)c3n[nH]cc3c2c1. The molecule has 2 aromatic carbocycles. The van der Waals surface area contributed by atoms with Gasteiger partial charge in [0.25, 0.3) is 0 Å². The Kier molecular flexibility index (Phi) is 3.42. The number of imidazole rings is 1. The van der Waals surface area contributed by atoms with Crippen molar-refractivity contribution in [2.24, 2.45) is 14.1 Å². The number of H-pyrrole nitrogens is 1. The van der Waals surface area contributed by atoms with Crippen LogP contribution in [0.2, 0.25) is 0 Å². The summed E-state index contributed by atoms with van der Waals surface area (Å²) in [5, 5.41) is 12.6. The van der Waals surface area contributed by atoms with Gasteiger partial charge in [-0.3, -0.25) is 14.2 Å². The molecule has 0 saturated carbocycles. The van der Waals surface area contributed by atoms with Gasteiger partial charge in [-0.05, 0) is 36.4 Å². The van der Waals surface area contributed by atoms with Crippen molar-refractivity contribution in [1.82, 2.24) is 24.3 Å². The number of hydrogen-bond donors (Lipinski definition) is 2. The van der Waals surface area contributed by atoms with Crippen LogP contribution in [0.1, 0.15) is 0 Å². The summed E-state index contributed by atoms with van der Waals surface area (Å²) in [6, 6.07) is 11.6. The van der Waals surface area contributed by atoms with Crippen molar-refractivity contribution >= 4 is 44.3 Å². The number of benzene rings is 2. The van der Waals surface area contributed by atoms with Gasteiger partial charge < -0.3 is 10.1 Å². The number of aryl methyl sites for hydroxylation is 2.